The summed E-state index contributed by atoms with van der Waals surface area (Å²) in [4.78, 5) is 15.9. The van der Waals surface area contributed by atoms with Gasteiger partial charge in [0.25, 0.3) is 10.0 Å². The number of nitrogens with two attached hydrogens (primary N) is 1. The average molecular weight is 462 g/mol. The van der Waals surface area contributed by atoms with E-state index < -0.39 is 26.9 Å². The summed E-state index contributed by atoms with van der Waals surface area (Å²) in [5, 5.41) is 1.48. The van der Waals surface area contributed by atoms with Crippen LogP contribution in [0.2, 0.25) is 0 Å². The maximum Gasteiger partial charge on any atom is 0.271 e. The number of nitrogens with one attached hydrogen (secondary N) is 1. The molecule has 0 aliphatic carbocycles. The molecule has 2 atom stereocenters. The van der Waals surface area contributed by atoms with Gasteiger partial charge in [-0.2, -0.15) is 11.8 Å². The van der Waals surface area contributed by atoms with Crippen molar-refractivity contribution < 1.29 is 22.4 Å². The highest BCUT2D eigenvalue weighted by Crippen LogP contribution is 2.30. The van der Waals surface area contributed by atoms with Gasteiger partial charge in [0.15, 0.2) is 5.84 Å². The van der Waals surface area contributed by atoms with Gasteiger partial charge < -0.3 is 24.7 Å². The first kappa shape index (κ1) is 24.7. The molecule has 0 aromatic carbocycles. The monoisotopic (exact) mass is 461 g/mol. The molecule has 0 saturated carbocycles. The van der Waals surface area contributed by atoms with Crippen LogP contribution < -0.4 is 11.1 Å². The lowest BCUT2D eigenvalue weighted by Gasteiger charge is -2.34. The number of hydrogen-bond acceptors (Lipinski definition) is 9. The van der Waals surface area contributed by atoms with Gasteiger partial charge in [-0.25, -0.2) is 8.42 Å². The summed E-state index contributed by atoms with van der Waals surface area (Å²) >= 11 is 1.60. The van der Waals surface area contributed by atoms with Crippen LogP contribution in [0.3, 0.4) is 0 Å². The van der Waals surface area contributed by atoms with Gasteiger partial charge >= 0.3 is 0 Å². The Morgan fingerprint density at radius 2 is 2.00 bits per heavy atom. The highest BCUT2D eigenvalue weighted by molar-refractivity contribution is 7.98. The number of thioether (sulfide) groups is 1. The van der Waals surface area contributed by atoms with Crippen molar-refractivity contribution in [1.82, 2.24) is 15.1 Å². The zero-order chi connectivity index (χ0) is 22.5. The Balaban J connectivity index is 2.01. The first-order valence-corrected chi connectivity index (χ1v) is 12.2. The van der Waals surface area contributed by atoms with Gasteiger partial charge in [-0.15, -0.1) is 4.40 Å². The summed E-state index contributed by atoms with van der Waals surface area (Å²) < 4.78 is 40.0. The van der Waals surface area contributed by atoms with Gasteiger partial charge in [0.2, 0.25) is 16.9 Å². The molecule has 0 saturated heterocycles. The Bertz CT molecular complexity index is 868. The summed E-state index contributed by atoms with van der Waals surface area (Å²) in [7, 11) is 2.76. The fraction of sp³-hybridized carbons (Fsp3) is 0.667. The molecule has 0 fully saturated rings. The molecule has 0 radical (unpaired) electrons. The zero-order valence-corrected chi connectivity index (χ0v) is 19.7. The largest absolute Gasteiger partial charge is 0.464 e. The molecule has 0 spiro atoms. The minimum absolute atomic E-state index is 0.157. The third kappa shape index (κ3) is 5.55. The van der Waals surface area contributed by atoms with Crippen molar-refractivity contribution in [2.24, 2.45) is 10.1 Å². The minimum Gasteiger partial charge on any atom is -0.464 e. The zero-order valence-electron chi connectivity index (χ0n) is 18.0. The molecular formula is C18H31N5O5S2. The molecule has 1 aliphatic heterocycles. The van der Waals surface area contributed by atoms with Crippen LogP contribution in [-0.2, 0) is 31.9 Å². The summed E-state index contributed by atoms with van der Waals surface area (Å²) in [6, 6.07) is 3.90. The van der Waals surface area contributed by atoms with E-state index in [9.17, 15) is 13.2 Å². The van der Waals surface area contributed by atoms with E-state index in [1.54, 1.807) is 18.7 Å². The Kier molecular flexibility index (Phi) is 8.34. The number of furan rings is 1. The second-order valence-corrected chi connectivity index (χ2v) is 10.1. The van der Waals surface area contributed by atoms with E-state index in [4.69, 9.17) is 14.9 Å². The summed E-state index contributed by atoms with van der Waals surface area (Å²) in [6.45, 7) is 2.95. The summed E-state index contributed by atoms with van der Waals surface area (Å²) in [5.41, 5.74) is 4.26. The molecule has 2 heterocycles. The fourth-order valence-corrected chi connectivity index (χ4v) is 5.55. The number of hydrogen-bond donors (Lipinski definition) is 2. The third-order valence-corrected chi connectivity index (χ3v) is 6.94. The first-order chi connectivity index (χ1) is 14.0. The second kappa shape index (κ2) is 10.1. The van der Waals surface area contributed by atoms with Gasteiger partial charge in [-0.1, -0.05) is 0 Å². The predicted molar refractivity (Wildman–Crippen MR) is 118 cm³/mol. The molecule has 10 nitrogen and oxygen atoms in total. The van der Waals surface area contributed by atoms with Gasteiger partial charge in [-0.3, -0.25) is 10.1 Å². The van der Waals surface area contributed by atoms with Crippen LogP contribution >= 0.6 is 11.8 Å². The molecule has 12 heteroatoms. The lowest BCUT2D eigenvalue weighted by atomic mass is 10.1. The van der Waals surface area contributed by atoms with Crippen LogP contribution in [0.1, 0.15) is 18.4 Å². The number of carbonyl (C=O) groups is 1. The summed E-state index contributed by atoms with van der Waals surface area (Å²) in [5.74, 6) is 2.15. The maximum absolute atomic E-state index is 12.6. The molecule has 1 aliphatic rings. The quantitative estimate of drug-likeness (QED) is 0.347. The molecule has 1 aromatic heterocycles. The number of ether oxygens (including phenoxy) is 1. The van der Waals surface area contributed by atoms with Crippen molar-refractivity contribution in [2.75, 3.05) is 47.1 Å². The first-order valence-electron chi connectivity index (χ1n) is 9.53. The third-order valence-electron chi connectivity index (χ3n) is 4.38. The normalized spacial score (nSPS) is 23.0. The van der Waals surface area contributed by atoms with E-state index in [-0.39, 0.29) is 12.4 Å². The van der Waals surface area contributed by atoms with Crippen LogP contribution in [0, 0.1) is 0 Å². The molecule has 2 unspecified atom stereocenters. The number of amidine groups is 1. The second-order valence-electron chi connectivity index (χ2n) is 7.36. The van der Waals surface area contributed by atoms with Gasteiger partial charge in [0, 0.05) is 33.0 Å². The van der Waals surface area contributed by atoms with Crippen molar-refractivity contribution in [3.63, 3.8) is 0 Å². The highest BCUT2D eigenvalue weighted by atomic mass is 32.2. The summed E-state index contributed by atoms with van der Waals surface area (Å²) in [6.07, 6.45) is 0. The number of carbonyl (C=O) groups excluding carboxylic acids is 1. The number of amides is 1. The van der Waals surface area contributed by atoms with E-state index in [1.807, 2.05) is 31.1 Å². The van der Waals surface area contributed by atoms with Crippen LogP contribution in [0.25, 0.3) is 0 Å². The van der Waals surface area contributed by atoms with E-state index in [2.05, 4.69) is 9.71 Å². The Labute approximate surface area is 182 Å². The molecule has 170 valence electrons. The van der Waals surface area contributed by atoms with Crippen LogP contribution in [0.4, 0.5) is 0 Å². The highest BCUT2D eigenvalue weighted by Gasteiger charge is 2.60. The lowest BCUT2D eigenvalue weighted by Crippen LogP contribution is -2.66. The molecule has 2 rings (SSSR count). The molecule has 30 heavy (non-hydrogen) atoms. The number of rotatable bonds is 11. The van der Waals surface area contributed by atoms with Crippen molar-refractivity contribution in [3.8, 4) is 0 Å². The number of sulfonamides is 1. The average Bonchev–Trinajstić information content (AvgIpc) is 3.13. The SMILES string of the molecule is CCOC1(NCCSCc2ccc(CN(C)C)o2)C(N)=NS(=O)(=O)C1C(=O)N(C)C. The van der Waals surface area contributed by atoms with Crippen molar-refractivity contribution in [2.45, 2.75) is 30.2 Å². The lowest BCUT2D eigenvalue weighted by molar-refractivity contribution is -0.133. The van der Waals surface area contributed by atoms with E-state index >= 15 is 0 Å². The number of nitrogens with zero attached hydrogens (tertiary/aromatic N) is 3. The van der Waals surface area contributed by atoms with Crippen LogP contribution in [0.5, 0.6) is 0 Å². The Morgan fingerprint density at radius 3 is 2.60 bits per heavy atom. The van der Waals surface area contributed by atoms with E-state index in [0.717, 1.165) is 18.1 Å². The fourth-order valence-electron chi connectivity index (χ4n) is 3.13. The van der Waals surface area contributed by atoms with Crippen LogP contribution in [-0.4, -0.2) is 88.0 Å². The standard InChI is InChI=1S/C18H31N5O5S2/c1-6-27-18(15(16(24)23(4)5)30(25,26)21-17(18)19)20-9-10-29-12-14-8-7-13(28-14)11-22(2)3/h7-8,15,20H,6,9-12H2,1-5H3,(H2,19,21). The molecule has 1 amide bonds. The molecule has 0 bridgehead atoms. The smallest absolute Gasteiger partial charge is 0.271 e. The van der Waals surface area contributed by atoms with Crippen LogP contribution in [0.15, 0.2) is 20.9 Å². The topological polar surface area (TPSA) is 130 Å². The molecule has 1 aromatic rings. The Morgan fingerprint density at radius 1 is 1.33 bits per heavy atom. The van der Waals surface area contributed by atoms with Crippen molar-refractivity contribution >= 4 is 33.5 Å². The minimum atomic E-state index is -4.14. The molecular weight excluding hydrogens is 430 g/mol. The van der Waals surface area contributed by atoms with Crippen molar-refractivity contribution in [1.29, 1.82) is 0 Å². The van der Waals surface area contributed by atoms with E-state index in [1.165, 1.54) is 19.0 Å². The molecule has 3 N–H and O–H groups in total. The maximum atomic E-state index is 12.6. The predicted octanol–water partition coefficient (Wildman–Crippen LogP) is 0.0542. The van der Waals surface area contributed by atoms with Gasteiger partial charge in [0.1, 0.15) is 11.5 Å². The Hall–Kier alpha value is -1.60. The van der Waals surface area contributed by atoms with Crippen molar-refractivity contribution in [3.05, 3.63) is 23.7 Å². The van der Waals surface area contributed by atoms with Gasteiger partial charge in [0.05, 0.1) is 12.3 Å². The van der Waals surface area contributed by atoms with E-state index in [0.29, 0.717) is 18.1 Å². The van der Waals surface area contributed by atoms with Gasteiger partial charge in [-0.05, 0) is 33.2 Å².